The molecule has 2 atom stereocenters. The molecule has 7 rings (SSSR count). The van der Waals surface area contributed by atoms with E-state index >= 15 is 0 Å². The molecule has 0 aromatic heterocycles. The normalized spacial score (nSPS) is 20.7. The molecule has 0 fully saturated rings. The van der Waals surface area contributed by atoms with Crippen LogP contribution in [0.15, 0.2) is 96.1 Å². The van der Waals surface area contributed by atoms with Crippen LogP contribution in [0.5, 0.6) is 5.75 Å². The lowest BCUT2D eigenvalue weighted by atomic mass is 9.78. The lowest BCUT2D eigenvalue weighted by Crippen LogP contribution is -2.34. The topological polar surface area (TPSA) is 9.23 Å². The van der Waals surface area contributed by atoms with Crippen molar-refractivity contribution >= 4 is 29.9 Å². The van der Waals surface area contributed by atoms with Crippen molar-refractivity contribution in [1.82, 2.24) is 0 Å². The zero-order valence-electron chi connectivity index (χ0n) is 21.1. The van der Waals surface area contributed by atoms with Gasteiger partial charge in [0.05, 0.1) is 0 Å². The van der Waals surface area contributed by atoms with Crippen molar-refractivity contribution in [3.63, 3.8) is 0 Å². The lowest BCUT2D eigenvalue weighted by molar-refractivity contribution is 0.358. The summed E-state index contributed by atoms with van der Waals surface area (Å²) in [5, 5.41) is 2.88. The van der Waals surface area contributed by atoms with Gasteiger partial charge in [-0.25, -0.2) is 0 Å². The van der Waals surface area contributed by atoms with Gasteiger partial charge in [0, 0.05) is 11.5 Å². The van der Waals surface area contributed by atoms with E-state index in [1.807, 2.05) is 30.3 Å². The minimum atomic E-state index is 0.514. The van der Waals surface area contributed by atoms with E-state index in [-0.39, 0.29) is 0 Å². The monoisotopic (exact) mass is 468 g/mol. The van der Waals surface area contributed by atoms with Gasteiger partial charge in [-0.05, 0) is 70.5 Å². The van der Waals surface area contributed by atoms with Crippen molar-refractivity contribution in [2.75, 3.05) is 6.61 Å². The second-order valence-corrected chi connectivity index (χ2v) is 10.1. The highest BCUT2D eigenvalue weighted by Gasteiger charge is 2.22. The predicted octanol–water partition coefficient (Wildman–Crippen LogP) is 7.29. The Balaban J connectivity index is 0.000000200. The molecule has 0 spiro atoms. The number of ether oxygens (including phenoxy) is 1. The summed E-state index contributed by atoms with van der Waals surface area (Å²) in [4.78, 5) is 0. The molecular formula is C35H32O. The number of benzene rings is 3. The number of hydrogen-bond acceptors (Lipinski definition) is 1. The third-order valence-corrected chi connectivity index (χ3v) is 7.80. The maximum atomic E-state index is 5.34. The van der Waals surface area contributed by atoms with Crippen molar-refractivity contribution in [3.8, 4) is 5.75 Å². The van der Waals surface area contributed by atoms with Crippen molar-refractivity contribution in [3.05, 3.63) is 129 Å². The standard InChI is InChI=1S/C26H24.C9H8O/c1-17-14-21-9-12-24-23-11-8-20(19-6-4-3-5-7-19)16-22(23)10-13-25(24)26(21)15-18(17)2;1-2-6-9-8(4-1)5-3-7-10-9/h3-9,11-15,18,20H,10,16H2,1-2H3;1-6H,7H2/t18?,20-;/m1./s1. The Bertz CT molecular complexity index is 1550. The van der Waals surface area contributed by atoms with Gasteiger partial charge in [0.25, 0.3) is 0 Å². The van der Waals surface area contributed by atoms with Gasteiger partial charge < -0.3 is 4.74 Å². The Morgan fingerprint density at radius 2 is 1.67 bits per heavy atom. The molecule has 0 bridgehead atoms. The summed E-state index contributed by atoms with van der Waals surface area (Å²) in [6.45, 7) is 5.24. The molecule has 36 heavy (non-hydrogen) atoms. The van der Waals surface area contributed by atoms with Crippen LogP contribution in [0, 0.1) is 5.92 Å². The van der Waals surface area contributed by atoms with Crippen LogP contribution in [0.4, 0.5) is 0 Å². The summed E-state index contributed by atoms with van der Waals surface area (Å²) in [5.41, 5.74) is 9.90. The summed E-state index contributed by atoms with van der Waals surface area (Å²) < 4.78 is 5.34. The SMILES string of the molecule is C1=Cc2ccccc2OC1.CC1=Cc2ccc3c(c2=CC1C)=CCC1=C3C=C[C@@H](c2ccccc2)C1. The Labute approximate surface area is 214 Å². The van der Waals surface area contributed by atoms with Crippen LogP contribution in [-0.2, 0) is 0 Å². The Morgan fingerprint density at radius 3 is 2.53 bits per heavy atom. The molecular weight excluding hydrogens is 436 g/mol. The van der Waals surface area contributed by atoms with E-state index < -0.39 is 0 Å². The molecule has 0 N–H and O–H groups in total. The Morgan fingerprint density at radius 1 is 0.833 bits per heavy atom. The Kier molecular flexibility index (Phi) is 6.07. The average molecular weight is 469 g/mol. The summed E-state index contributed by atoms with van der Waals surface area (Å²) in [6.07, 6.45) is 18.4. The first-order valence-electron chi connectivity index (χ1n) is 13.0. The quantitative estimate of drug-likeness (QED) is 0.364. The number of fused-ring (bicyclic) bond motifs is 5. The van der Waals surface area contributed by atoms with Gasteiger partial charge in [-0.15, -0.1) is 0 Å². The van der Waals surface area contributed by atoms with E-state index in [9.17, 15) is 0 Å². The first-order valence-corrected chi connectivity index (χ1v) is 13.0. The van der Waals surface area contributed by atoms with Crippen molar-refractivity contribution in [2.45, 2.75) is 32.6 Å². The highest BCUT2D eigenvalue weighted by Crippen LogP contribution is 2.37. The largest absolute Gasteiger partial charge is 0.489 e. The third-order valence-electron chi connectivity index (χ3n) is 7.80. The maximum Gasteiger partial charge on any atom is 0.126 e. The van der Waals surface area contributed by atoms with Gasteiger partial charge in [0.1, 0.15) is 12.4 Å². The lowest BCUT2D eigenvalue weighted by Gasteiger charge is -2.26. The molecule has 0 amide bonds. The van der Waals surface area contributed by atoms with Gasteiger partial charge in [-0.3, -0.25) is 0 Å². The van der Waals surface area contributed by atoms with Crippen molar-refractivity contribution in [1.29, 1.82) is 0 Å². The fourth-order valence-electron chi connectivity index (χ4n) is 5.64. The van der Waals surface area contributed by atoms with E-state index in [2.05, 4.69) is 92.8 Å². The van der Waals surface area contributed by atoms with E-state index in [1.165, 1.54) is 43.8 Å². The van der Waals surface area contributed by atoms with Crippen LogP contribution in [0.1, 0.15) is 54.9 Å². The molecule has 0 saturated heterocycles. The van der Waals surface area contributed by atoms with Gasteiger partial charge in [0.2, 0.25) is 0 Å². The molecule has 1 heteroatoms. The van der Waals surface area contributed by atoms with Crippen LogP contribution >= 0.6 is 0 Å². The molecule has 4 aliphatic rings. The summed E-state index contributed by atoms with van der Waals surface area (Å²) >= 11 is 0. The fraction of sp³-hybridized carbons (Fsp3) is 0.200. The van der Waals surface area contributed by atoms with E-state index in [0.29, 0.717) is 18.4 Å². The average Bonchev–Trinajstić information content (AvgIpc) is 2.94. The third kappa shape index (κ3) is 4.31. The maximum absolute atomic E-state index is 5.34. The van der Waals surface area contributed by atoms with Gasteiger partial charge in [0.15, 0.2) is 0 Å². The minimum absolute atomic E-state index is 0.514. The Hall–Kier alpha value is -3.84. The van der Waals surface area contributed by atoms with Gasteiger partial charge in [-0.2, -0.15) is 0 Å². The van der Waals surface area contributed by atoms with Crippen LogP contribution in [0.25, 0.3) is 29.9 Å². The second-order valence-electron chi connectivity index (χ2n) is 10.1. The van der Waals surface area contributed by atoms with E-state index in [4.69, 9.17) is 4.74 Å². The number of allylic oxidation sites excluding steroid dienone is 5. The molecule has 1 unspecified atom stereocenters. The molecule has 178 valence electrons. The van der Waals surface area contributed by atoms with Crippen molar-refractivity contribution in [2.24, 2.45) is 5.92 Å². The molecule has 1 nitrogen and oxygen atoms in total. The predicted molar refractivity (Wildman–Crippen MR) is 153 cm³/mol. The van der Waals surface area contributed by atoms with Crippen LogP contribution in [0.2, 0.25) is 0 Å². The molecule has 0 saturated carbocycles. The molecule has 3 aromatic rings. The highest BCUT2D eigenvalue weighted by molar-refractivity contribution is 5.83. The van der Waals surface area contributed by atoms with Crippen LogP contribution in [-0.4, -0.2) is 6.61 Å². The zero-order valence-corrected chi connectivity index (χ0v) is 21.1. The first kappa shape index (κ1) is 22.6. The van der Waals surface area contributed by atoms with Crippen LogP contribution < -0.4 is 15.2 Å². The highest BCUT2D eigenvalue weighted by atomic mass is 16.5. The molecule has 1 heterocycles. The van der Waals surface area contributed by atoms with E-state index in [0.717, 1.165) is 18.6 Å². The molecule has 3 aromatic carbocycles. The van der Waals surface area contributed by atoms with Crippen LogP contribution in [0.3, 0.4) is 0 Å². The van der Waals surface area contributed by atoms with E-state index in [1.54, 1.807) is 5.57 Å². The summed E-state index contributed by atoms with van der Waals surface area (Å²) in [7, 11) is 0. The molecule has 3 aliphatic carbocycles. The fourth-order valence-corrected chi connectivity index (χ4v) is 5.64. The zero-order chi connectivity index (χ0) is 24.5. The molecule has 0 radical (unpaired) electrons. The summed E-state index contributed by atoms with van der Waals surface area (Å²) in [6, 6.07) is 23.6. The smallest absolute Gasteiger partial charge is 0.126 e. The van der Waals surface area contributed by atoms with Gasteiger partial charge >= 0.3 is 0 Å². The second kappa shape index (κ2) is 9.66. The number of hydrogen-bond donors (Lipinski definition) is 0. The number of rotatable bonds is 1. The minimum Gasteiger partial charge on any atom is -0.489 e. The first-order chi connectivity index (χ1) is 17.7. The molecule has 1 aliphatic heterocycles. The summed E-state index contributed by atoms with van der Waals surface area (Å²) in [5.74, 6) is 2.03. The number of para-hydroxylation sites is 1. The van der Waals surface area contributed by atoms with Crippen molar-refractivity contribution < 1.29 is 4.74 Å². The van der Waals surface area contributed by atoms with Gasteiger partial charge in [-0.1, -0.05) is 115 Å².